The smallest absolute Gasteiger partial charge is 0.300 e. The molecule has 0 unspecified atom stereocenters. The summed E-state index contributed by atoms with van der Waals surface area (Å²) in [6.45, 7) is 10.3. The van der Waals surface area contributed by atoms with Crippen LogP contribution < -0.4 is 11.2 Å². The highest BCUT2D eigenvalue weighted by Gasteiger charge is 2.26. The van der Waals surface area contributed by atoms with Gasteiger partial charge in [-0.15, -0.1) is 0 Å². The van der Waals surface area contributed by atoms with Crippen molar-refractivity contribution in [1.82, 2.24) is 10.3 Å². The zero-order valence-corrected chi connectivity index (χ0v) is 18.8. The summed E-state index contributed by atoms with van der Waals surface area (Å²) >= 11 is 0. The van der Waals surface area contributed by atoms with Gasteiger partial charge in [-0.2, -0.15) is 0 Å². The minimum Gasteiger partial charge on any atom is -0.481 e. The second-order valence-electron chi connectivity index (χ2n) is 7.81. The zero-order chi connectivity index (χ0) is 21.4. The predicted octanol–water partition coefficient (Wildman–Crippen LogP) is 4.68. The van der Waals surface area contributed by atoms with Crippen LogP contribution in [0.25, 0.3) is 0 Å². The molecule has 7 nitrogen and oxygen atoms in total. The number of hydrogen-bond donors (Lipinski definition) is 3. The fourth-order valence-electron chi connectivity index (χ4n) is 3.06. The molecule has 0 saturated heterocycles. The summed E-state index contributed by atoms with van der Waals surface area (Å²) in [5.74, 6) is 7.01. The molecule has 0 aromatic heterocycles. The number of nitrogens with two attached hydrogens (primary N) is 1. The van der Waals surface area contributed by atoms with Gasteiger partial charge in [-0.25, -0.2) is 20.8 Å². The zero-order valence-electron chi connectivity index (χ0n) is 18.8. The van der Waals surface area contributed by atoms with Crippen molar-refractivity contribution in [3.63, 3.8) is 0 Å². The number of carboxylic acid groups (broad SMARTS) is 1. The Kier molecular flexibility index (Phi) is 14.4. The van der Waals surface area contributed by atoms with E-state index in [1.54, 1.807) is 5.01 Å². The maximum Gasteiger partial charge on any atom is 0.300 e. The van der Waals surface area contributed by atoms with Crippen LogP contribution in [0.2, 0.25) is 0 Å². The van der Waals surface area contributed by atoms with Crippen LogP contribution >= 0.6 is 0 Å². The molecule has 0 aliphatic carbocycles. The van der Waals surface area contributed by atoms with Gasteiger partial charge in [0.25, 0.3) is 5.97 Å². The number of carbonyl (C=O) groups is 1. The first-order valence-corrected chi connectivity index (χ1v) is 10.9. The number of hydrazine groups is 1. The molecule has 1 aliphatic rings. The molecule has 4 N–H and O–H groups in total. The van der Waals surface area contributed by atoms with E-state index >= 15 is 0 Å². The summed E-state index contributed by atoms with van der Waals surface area (Å²) < 4.78 is 0. The molecule has 0 aromatic rings. The number of hydrogen-bond acceptors (Lipinski definition) is 6. The molecule has 0 aromatic carbocycles. The Morgan fingerprint density at radius 3 is 1.93 bits per heavy atom. The minimum atomic E-state index is -0.833. The van der Waals surface area contributed by atoms with Gasteiger partial charge in [0.1, 0.15) is 5.84 Å². The first-order chi connectivity index (χ1) is 13.2. The van der Waals surface area contributed by atoms with Gasteiger partial charge >= 0.3 is 0 Å². The highest BCUT2D eigenvalue weighted by molar-refractivity contribution is 6.00. The lowest BCUT2D eigenvalue weighted by Gasteiger charge is -2.32. The van der Waals surface area contributed by atoms with Crippen molar-refractivity contribution in [3.8, 4) is 0 Å². The molecule has 0 bridgehead atoms. The number of carboxylic acids is 1. The van der Waals surface area contributed by atoms with Crippen LogP contribution in [0.3, 0.4) is 0 Å². The van der Waals surface area contributed by atoms with E-state index in [9.17, 15) is 0 Å². The third-order valence-corrected chi connectivity index (χ3v) is 4.38. The van der Waals surface area contributed by atoms with Crippen molar-refractivity contribution in [2.24, 2.45) is 15.8 Å². The van der Waals surface area contributed by atoms with Gasteiger partial charge in [-0.3, -0.25) is 4.79 Å². The van der Waals surface area contributed by atoms with E-state index in [2.05, 4.69) is 24.2 Å². The molecule has 0 radical (unpaired) electrons. The van der Waals surface area contributed by atoms with Crippen LogP contribution in [-0.4, -0.2) is 40.1 Å². The number of unbranched alkanes of at least 4 members (excludes halogenated alkanes) is 9. The SMILES string of the molecule is CC(=O)O.CCCCCCCCCCCCC1=NC(C)(C)N=C(NCC)N1N. The lowest BCUT2D eigenvalue weighted by molar-refractivity contribution is -0.134. The second-order valence-corrected chi connectivity index (χ2v) is 7.81. The van der Waals surface area contributed by atoms with Crippen LogP contribution in [-0.2, 0) is 4.79 Å². The molecule has 0 amide bonds. The fraction of sp³-hybridized carbons (Fsp3) is 0.857. The topological polar surface area (TPSA) is 103 Å². The molecule has 28 heavy (non-hydrogen) atoms. The van der Waals surface area contributed by atoms with E-state index < -0.39 is 11.6 Å². The Morgan fingerprint density at radius 2 is 1.46 bits per heavy atom. The lowest BCUT2D eigenvalue weighted by Crippen LogP contribution is -2.53. The Balaban J connectivity index is 0.00000165. The Morgan fingerprint density at radius 1 is 1.00 bits per heavy atom. The lowest BCUT2D eigenvalue weighted by atomic mass is 10.1. The van der Waals surface area contributed by atoms with E-state index in [0.29, 0.717) is 0 Å². The molecule has 0 atom stereocenters. The standard InChI is InChI=1S/C19H39N5.C2H4O2/c1-5-7-8-9-10-11-12-13-14-15-16-17-22-19(3,4)23-18(21-6-2)24(17)20;1-2(3)4/h5-16,20H2,1-4H3,(H,21,23);1H3,(H,3,4). The number of guanidine groups is 1. The quantitative estimate of drug-likeness (QED) is 0.328. The van der Waals surface area contributed by atoms with Crippen LogP contribution in [0.15, 0.2) is 9.98 Å². The molecule has 0 saturated carbocycles. The molecular formula is C21H43N5O2. The third kappa shape index (κ3) is 13.5. The molecule has 0 fully saturated rings. The normalized spacial score (nSPS) is 15.3. The molecule has 7 heteroatoms. The van der Waals surface area contributed by atoms with Crippen LogP contribution in [0.4, 0.5) is 0 Å². The maximum absolute atomic E-state index is 9.00. The fourth-order valence-corrected chi connectivity index (χ4v) is 3.06. The van der Waals surface area contributed by atoms with Gasteiger partial charge in [0.2, 0.25) is 5.96 Å². The highest BCUT2D eigenvalue weighted by Crippen LogP contribution is 2.19. The summed E-state index contributed by atoms with van der Waals surface area (Å²) in [5, 5.41) is 12.3. The number of aliphatic imine (C=N–C) groups is 2. The van der Waals surface area contributed by atoms with E-state index in [1.807, 2.05) is 13.8 Å². The molecule has 1 aliphatic heterocycles. The van der Waals surface area contributed by atoms with E-state index in [-0.39, 0.29) is 0 Å². The minimum absolute atomic E-state index is 0.415. The van der Waals surface area contributed by atoms with Crippen molar-refractivity contribution in [1.29, 1.82) is 0 Å². The van der Waals surface area contributed by atoms with Crippen molar-refractivity contribution in [3.05, 3.63) is 0 Å². The largest absolute Gasteiger partial charge is 0.481 e. The van der Waals surface area contributed by atoms with Gasteiger partial charge in [0.05, 0.1) is 0 Å². The van der Waals surface area contributed by atoms with Gasteiger partial charge in [0.15, 0.2) is 5.66 Å². The summed E-state index contributed by atoms with van der Waals surface area (Å²) in [5.41, 5.74) is -0.415. The Labute approximate surface area is 171 Å². The molecule has 1 heterocycles. The van der Waals surface area contributed by atoms with E-state index in [4.69, 9.17) is 20.7 Å². The number of nitrogens with zero attached hydrogens (tertiary/aromatic N) is 3. The number of nitrogens with one attached hydrogen (secondary N) is 1. The highest BCUT2D eigenvalue weighted by atomic mass is 16.4. The number of rotatable bonds is 12. The van der Waals surface area contributed by atoms with Gasteiger partial charge in [0, 0.05) is 19.9 Å². The first kappa shape index (κ1) is 26.4. The number of aliphatic carboxylic acids is 1. The summed E-state index contributed by atoms with van der Waals surface area (Å²) in [6.07, 6.45) is 14.4. The van der Waals surface area contributed by atoms with E-state index in [0.717, 1.165) is 38.1 Å². The van der Waals surface area contributed by atoms with Crippen molar-refractivity contribution < 1.29 is 9.90 Å². The Hall–Kier alpha value is -1.63. The summed E-state index contributed by atoms with van der Waals surface area (Å²) in [4.78, 5) is 18.2. The van der Waals surface area contributed by atoms with Crippen LogP contribution in [0.1, 0.15) is 105 Å². The summed E-state index contributed by atoms with van der Waals surface area (Å²) in [6, 6.07) is 0. The third-order valence-electron chi connectivity index (χ3n) is 4.38. The first-order valence-electron chi connectivity index (χ1n) is 10.9. The average molecular weight is 398 g/mol. The van der Waals surface area contributed by atoms with Crippen molar-refractivity contribution in [2.75, 3.05) is 6.54 Å². The number of amidine groups is 1. The summed E-state index contributed by atoms with van der Waals surface area (Å²) in [7, 11) is 0. The molecule has 164 valence electrons. The van der Waals surface area contributed by atoms with Crippen molar-refractivity contribution in [2.45, 2.75) is 111 Å². The molecule has 0 spiro atoms. The van der Waals surface area contributed by atoms with Crippen LogP contribution in [0.5, 0.6) is 0 Å². The molecular weight excluding hydrogens is 354 g/mol. The monoisotopic (exact) mass is 397 g/mol. The second kappa shape index (κ2) is 15.3. The molecule has 1 rings (SSSR count). The average Bonchev–Trinajstić information content (AvgIpc) is 2.59. The van der Waals surface area contributed by atoms with Crippen LogP contribution in [0, 0.1) is 0 Å². The van der Waals surface area contributed by atoms with Gasteiger partial charge in [-0.1, -0.05) is 64.7 Å². The van der Waals surface area contributed by atoms with Crippen molar-refractivity contribution >= 4 is 17.8 Å². The predicted molar refractivity (Wildman–Crippen MR) is 118 cm³/mol. The maximum atomic E-state index is 9.00. The Bertz CT molecular complexity index is 485. The van der Waals surface area contributed by atoms with E-state index in [1.165, 1.54) is 57.8 Å². The van der Waals surface area contributed by atoms with Gasteiger partial charge < -0.3 is 10.4 Å². The van der Waals surface area contributed by atoms with Gasteiger partial charge in [-0.05, 0) is 27.2 Å².